The van der Waals surface area contributed by atoms with Gasteiger partial charge in [-0.2, -0.15) is 15.0 Å². The predicted octanol–water partition coefficient (Wildman–Crippen LogP) is 0.969. The van der Waals surface area contributed by atoms with Crippen molar-refractivity contribution in [3.05, 3.63) is 24.3 Å². The molecule has 0 bridgehead atoms. The van der Waals surface area contributed by atoms with Crippen LogP contribution in [0.1, 0.15) is 0 Å². The van der Waals surface area contributed by atoms with Gasteiger partial charge in [-0.15, -0.1) is 0 Å². The van der Waals surface area contributed by atoms with Gasteiger partial charge in [0.1, 0.15) is 5.75 Å². The highest BCUT2D eigenvalue weighted by molar-refractivity contribution is 5.57. The van der Waals surface area contributed by atoms with Gasteiger partial charge in [0.25, 0.3) is 0 Å². The van der Waals surface area contributed by atoms with E-state index in [1.54, 1.807) is 29.2 Å². The number of phenolic OH excluding ortho intramolecular Hbond substituents is 1. The lowest BCUT2D eigenvalue weighted by Crippen LogP contribution is -2.15. The molecular weight excluding hydrogens is 232 g/mol. The molecule has 0 aliphatic heterocycles. The van der Waals surface area contributed by atoms with Crippen LogP contribution in [0.25, 0.3) is 0 Å². The zero-order chi connectivity index (χ0) is 13.1. The van der Waals surface area contributed by atoms with E-state index in [9.17, 15) is 5.11 Å². The Labute approximate surface area is 104 Å². The average molecular weight is 246 g/mol. The van der Waals surface area contributed by atoms with E-state index < -0.39 is 0 Å². The van der Waals surface area contributed by atoms with E-state index in [1.165, 1.54) is 0 Å². The molecule has 0 radical (unpaired) electrons. The van der Waals surface area contributed by atoms with E-state index in [2.05, 4.69) is 20.3 Å². The summed E-state index contributed by atoms with van der Waals surface area (Å²) in [4.78, 5) is 13.9. The molecule has 0 amide bonds. The zero-order valence-electron chi connectivity index (χ0n) is 10.1. The van der Waals surface area contributed by atoms with Gasteiger partial charge in [-0.3, -0.25) is 0 Å². The molecule has 1 aromatic heterocycles. The summed E-state index contributed by atoms with van der Waals surface area (Å²) in [6, 6.07) is 6.65. The van der Waals surface area contributed by atoms with Crippen molar-refractivity contribution in [2.24, 2.45) is 0 Å². The van der Waals surface area contributed by atoms with Crippen molar-refractivity contribution < 1.29 is 5.11 Å². The number of nitrogens with one attached hydrogen (secondary N) is 1. The largest absolute Gasteiger partial charge is 0.508 e. The summed E-state index contributed by atoms with van der Waals surface area (Å²) in [5, 5.41) is 12.3. The summed E-state index contributed by atoms with van der Waals surface area (Å²) < 4.78 is 0. The Morgan fingerprint density at radius 2 is 2.00 bits per heavy atom. The minimum atomic E-state index is 0.136. The van der Waals surface area contributed by atoms with Gasteiger partial charge in [0.15, 0.2) is 0 Å². The van der Waals surface area contributed by atoms with Gasteiger partial charge >= 0.3 is 0 Å². The predicted molar refractivity (Wildman–Crippen MR) is 70.0 cm³/mol. The standard InChI is InChI=1S/C11H14N6O/c1-17(2)11-15-9(12)14-10(16-11)13-7-4-3-5-8(18)6-7/h3-6,18H,1-2H3,(H3,12,13,14,15,16). The summed E-state index contributed by atoms with van der Waals surface area (Å²) in [6.07, 6.45) is 0. The highest BCUT2D eigenvalue weighted by Gasteiger charge is 2.06. The van der Waals surface area contributed by atoms with E-state index in [0.717, 1.165) is 0 Å². The molecule has 0 fully saturated rings. The molecule has 0 aliphatic carbocycles. The molecule has 4 N–H and O–H groups in total. The number of nitrogens with zero attached hydrogens (tertiary/aromatic N) is 4. The van der Waals surface area contributed by atoms with Crippen LogP contribution in [0.2, 0.25) is 0 Å². The number of nitrogens with two attached hydrogens (primary N) is 1. The van der Waals surface area contributed by atoms with Crippen molar-refractivity contribution in [1.82, 2.24) is 15.0 Å². The van der Waals surface area contributed by atoms with E-state index in [-0.39, 0.29) is 11.7 Å². The molecule has 2 rings (SSSR count). The normalized spacial score (nSPS) is 10.1. The summed E-state index contributed by atoms with van der Waals surface area (Å²) >= 11 is 0. The first-order chi connectivity index (χ1) is 8.54. The first-order valence-corrected chi connectivity index (χ1v) is 5.29. The maximum Gasteiger partial charge on any atom is 0.233 e. The third-order valence-corrected chi connectivity index (χ3v) is 2.14. The Hall–Kier alpha value is -2.57. The van der Waals surface area contributed by atoms with Crippen LogP contribution >= 0.6 is 0 Å². The fourth-order valence-electron chi connectivity index (χ4n) is 1.35. The smallest absolute Gasteiger partial charge is 0.233 e. The lowest BCUT2D eigenvalue weighted by Gasteiger charge is -2.12. The van der Waals surface area contributed by atoms with Crippen LogP contribution in [0.4, 0.5) is 23.5 Å². The molecule has 0 unspecified atom stereocenters. The van der Waals surface area contributed by atoms with Gasteiger partial charge in [0.05, 0.1) is 0 Å². The first kappa shape index (κ1) is 11.9. The van der Waals surface area contributed by atoms with Gasteiger partial charge in [0.2, 0.25) is 17.8 Å². The fourth-order valence-corrected chi connectivity index (χ4v) is 1.35. The molecular formula is C11H14N6O. The van der Waals surface area contributed by atoms with Crippen LogP contribution in [0.5, 0.6) is 5.75 Å². The Morgan fingerprint density at radius 3 is 2.67 bits per heavy atom. The number of aromatic hydroxyl groups is 1. The highest BCUT2D eigenvalue weighted by atomic mass is 16.3. The molecule has 7 heteroatoms. The number of nitrogen functional groups attached to an aromatic ring is 1. The number of rotatable bonds is 3. The van der Waals surface area contributed by atoms with Crippen LogP contribution in [0.3, 0.4) is 0 Å². The van der Waals surface area contributed by atoms with Gasteiger partial charge in [-0.25, -0.2) is 0 Å². The number of hydrogen-bond donors (Lipinski definition) is 3. The average Bonchev–Trinajstić information content (AvgIpc) is 2.28. The van der Waals surface area contributed by atoms with Crippen molar-refractivity contribution in [2.75, 3.05) is 30.0 Å². The Morgan fingerprint density at radius 1 is 1.22 bits per heavy atom. The quantitative estimate of drug-likeness (QED) is 0.741. The molecule has 94 valence electrons. The van der Waals surface area contributed by atoms with Crippen molar-refractivity contribution in [1.29, 1.82) is 0 Å². The van der Waals surface area contributed by atoms with Crippen molar-refractivity contribution in [3.63, 3.8) is 0 Å². The molecule has 18 heavy (non-hydrogen) atoms. The molecule has 0 saturated carbocycles. The molecule has 1 aromatic carbocycles. The van der Waals surface area contributed by atoms with E-state index in [4.69, 9.17) is 5.73 Å². The molecule has 0 atom stereocenters. The zero-order valence-corrected chi connectivity index (χ0v) is 10.1. The molecule has 2 aromatic rings. The van der Waals surface area contributed by atoms with Crippen LogP contribution in [-0.4, -0.2) is 34.2 Å². The van der Waals surface area contributed by atoms with Crippen LogP contribution in [-0.2, 0) is 0 Å². The van der Waals surface area contributed by atoms with E-state index in [0.29, 0.717) is 17.6 Å². The molecule has 0 aliphatic rings. The second kappa shape index (κ2) is 4.74. The number of anilines is 4. The van der Waals surface area contributed by atoms with Gasteiger partial charge in [-0.1, -0.05) is 6.07 Å². The monoisotopic (exact) mass is 246 g/mol. The Bertz CT molecular complexity index is 557. The third-order valence-electron chi connectivity index (χ3n) is 2.14. The van der Waals surface area contributed by atoms with E-state index >= 15 is 0 Å². The molecule has 1 heterocycles. The summed E-state index contributed by atoms with van der Waals surface area (Å²) in [6.45, 7) is 0. The second-order valence-electron chi connectivity index (χ2n) is 3.89. The summed E-state index contributed by atoms with van der Waals surface area (Å²) in [5.41, 5.74) is 6.27. The van der Waals surface area contributed by atoms with Gasteiger partial charge in [-0.05, 0) is 12.1 Å². The van der Waals surface area contributed by atoms with Gasteiger partial charge < -0.3 is 21.1 Å². The van der Waals surface area contributed by atoms with Gasteiger partial charge in [0, 0.05) is 25.8 Å². The third kappa shape index (κ3) is 2.76. The van der Waals surface area contributed by atoms with E-state index in [1.807, 2.05) is 14.1 Å². The molecule has 7 nitrogen and oxygen atoms in total. The second-order valence-corrected chi connectivity index (χ2v) is 3.89. The molecule has 0 spiro atoms. The summed E-state index contributed by atoms with van der Waals surface area (Å²) in [7, 11) is 3.62. The lowest BCUT2D eigenvalue weighted by atomic mass is 10.3. The number of aromatic nitrogens is 3. The highest BCUT2D eigenvalue weighted by Crippen LogP contribution is 2.19. The molecule has 0 saturated heterocycles. The topological polar surface area (TPSA) is 100 Å². The maximum atomic E-state index is 9.36. The number of benzene rings is 1. The van der Waals surface area contributed by atoms with Crippen molar-refractivity contribution in [2.45, 2.75) is 0 Å². The number of hydrogen-bond acceptors (Lipinski definition) is 7. The SMILES string of the molecule is CN(C)c1nc(N)nc(Nc2cccc(O)c2)n1. The number of phenols is 1. The first-order valence-electron chi connectivity index (χ1n) is 5.29. The fraction of sp³-hybridized carbons (Fsp3) is 0.182. The van der Waals surface area contributed by atoms with Crippen molar-refractivity contribution >= 4 is 23.5 Å². The lowest BCUT2D eigenvalue weighted by molar-refractivity contribution is 0.475. The van der Waals surface area contributed by atoms with Crippen LogP contribution in [0.15, 0.2) is 24.3 Å². The summed E-state index contributed by atoms with van der Waals surface area (Å²) in [5.74, 6) is 1.09. The minimum absolute atomic E-state index is 0.136. The Balaban J connectivity index is 2.29. The van der Waals surface area contributed by atoms with Crippen LogP contribution in [0, 0.1) is 0 Å². The van der Waals surface area contributed by atoms with Crippen molar-refractivity contribution in [3.8, 4) is 5.75 Å². The Kier molecular flexibility index (Phi) is 3.13. The van der Waals surface area contributed by atoms with Crippen LogP contribution < -0.4 is 16.0 Å². The maximum absolute atomic E-state index is 9.36. The minimum Gasteiger partial charge on any atom is -0.508 e.